The monoisotopic (exact) mass is 502 g/mol. The molecule has 0 unspecified atom stereocenters. The topological polar surface area (TPSA) is 158 Å². The molecule has 15 heteroatoms. The molecule has 0 aromatic carbocycles. The average molecular weight is 503 g/mol. The molecule has 4 heterocycles. The highest BCUT2D eigenvalue weighted by molar-refractivity contribution is 7.99. The number of rotatable bonds is 6. The molecular weight excluding hydrogens is 480 g/mol. The van der Waals surface area contributed by atoms with Crippen LogP contribution in [-0.4, -0.2) is 48.9 Å². The Labute approximate surface area is 200 Å². The predicted octanol–water partition coefficient (Wildman–Crippen LogP) is -1.49. The lowest BCUT2D eigenvalue weighted by Crippen LogP contribution is -2.37. The van der Waals surface area contributed by atoms with Gasteiger partial charge in [0.05, 0.1) is 13.1 Å². The van der Waals surface area contributed by atoms with Crippen molar-refractivity contribution < 1.29 is 9.59 Å². The van der Waals surface area contributed by atoms with Gasteiger partial charge < -0.3 is 9.13 Å². The van der Waals surface area contributed by atoms with E-state index in [2.05, 4.69) is 9.97 Å². The van der Waals surface area contributed by atoms with Crippen LogP contribution in [0.1, 0.15) is 13.8 Å². The second-order valence-corrected chi connectivity index (χ2v) is 9.16. The van der Waals surface area contributed by atoms with Gasteiger partial charge in [-0.1, -0.05) is 0 Å². The van der Waals surface area contributed by atoms with E-state index < -0.39 is 22.5 Å². The Bertz CT molecular complexity index is 1680. The van der Waals surface area contributed by atoms with Crippen LogP contribution in [0.5, 0.6) is 0 Å². The van der Waals surface area contributed by atoms with Gasteiger partial charge in [0.15, 0.2) is 32.6 Å². The van der Waals surface area contributed by atoms with Crippen molar-refractivity contribution in [3.63, 3.8) is 0 Å². The third-order valence-electron chi connectivity index (χ3n) is 5.57. The van der Waals surface area contributed by atoms with E-state index in [0.717, 1.165) is 20.9 Å². The van der Waals surface area contributed by atoms with Gasteiger partial charge >= 0.3 is 11.4 Å². The van der Waals surface area contributed by atoms with Crippen LogP contribution < -0.4 is 22.5 Å². The minimum atomic E-state index is -0.628. The van der Waals surface area contributed by atoms with E-state index in [1.165, 1.54) is 60.3 Å². The fourth-order valence-corrected chi connectivity index (χ4v) is 4.79. The number of carbonyl (C=O) groups is 2. The number of aromatic nitrogens is 8. The van der Waals surface area contributed by atoms with Gasteiger partial charge in [-0.05, 0) is 25.6 Å². The number of fused-ring (bicyclic) bond motifs is 2. The second-order valence-electron chi connectivity index (χ2n) is 8.22. The van der Waals surface area contributed by atoms with Crippen molar-refractivity contribution in [3.05, 3.63) is 41.7 Å². The van der Waals surface area contributed by atoms with Crippen LogP contribution in [0.25, 0.3) is 22.3 Å². The van der Waals surface area contributed by atoms with Gasteiger partial charge in [0.25, 0.3) is 11.1 Å². The Balaban J connectivity index is 2.07. The summed E-state index contributed by atoms with van der Waals surface area (Å²) in [6.07, 6.45) is 0. The average Bonchev–Trinajstić information content (AvgIpc) is 3.31. The fourth-order valence-electron chi connectivity index (χ4n) is 3.83. The van der Waals surface area contributed by atoms with Crippen molar-refractivity contribution in [1.82, 2.24) is 37.4 Å². The Morgan fingerprint density at radius 1 is 0.657 bits per heavy atom. The lowest BCUT2D eigenvalue weighted by molar-refractivity contribution is -0.118. The van der Waals surface area contributed by atoms with Gasteiger partial charge in [0, 0.05) is 28.2 Å². The predicted molar refractivity (Wildman–Crippen MR) is 126 cm³/mol. The first-order valence-electron chi connectivity index (χ1n) is 10.3. The third-order valence-corrected chi connectivity index (χ3v) is 6.56. The van der Waals surface area contributed by atoms with Crippen LogP contribution in [0.15, 0.2) is 29.5 Å². The summed E-state index contributed by atoms with van der Waals surface area (Å²) < 4.78 is 6.96. The Hall–Kier alpha value is -4.01. The smallest absolute Gasteiger partial charge is 0.305 e. The van der Waals surface area contributed by atoms with Gasteiger partial charge in [0.1, 0.15) is 11.6 Å². The van der Waals surface area contributed by atoms with Gasteiger partial charge in [-0.15, -0.1) is 0 Å². The summed E-state index contributed by atoms with van der Waals surface area (Å²) in [6.45, 7) is 2.27. The zero-order valence-electron chi connectivity index (χ0n) is 19.8. The van der Waals surface area contributed by atoms with E-state index in [1.54, 1.807) is 0 Å². The van der Waals surface area contributed by atoms with Crippen LogP contribution in [0, 0.1) is 0 Å². The van der Waals surface area contributed by atoms with Gasteiger partial charge in [0.2, 0.25) is 0 Å². The molecule has 4 aromatic heterocycles. The van der Waals surface area contributed by atoms with Crippen LogP contribution in [0.4, 0.5) is 0 Å². The third kappa shape index (κ3) is 3.67. The summed E-state index contributed by atoms with van der Waals surface area (Å²) in [4.78, 5) is 83.6. The van der Waals surface area contributed by atoms with Gasteiger partial charge in [-0.3, -0.25) is 37.4 Å². The molecule has 0 atom stereocenters. The van der Waals surface area contributed by atoms with Crippen molar-refractivity contribution in [3.8, 4) is 0 Å². The van der Waals surface area contributed by atoms with Crippen molar-refractivity contribution in [2.24, 2.45) is 28.2 Å². The van der Waals surface area contributed by atoms with Crippen molar-refractivity contribution in [2.45, 2.75) is 37.2 Å². The molecular formula is C20H22N8O6S. The van der Waals surface area contributed by atoms with E-state index in [9.17, 15) is 28.8 Å². The number of aryl methyl sites for hydroxylation is 2. The summed E-state index contributed by atoms with van der Waals surface area (Å²) in [7, 11) is 5.55. The largest absolute Gasteiger partial charge is 0.332 e. The summed E-state index contributed by atoms with van der Waals surface area (Å²) >= 11 is 0.907. The highest BCUT2D eigenvalue weighted by Gasteiger charge is 2.25. The Kier molecular flexibility index (Phi) is 5.75. The summed E-state index contributed by atoms with van der Waals surface area (Å²) in [5.74, 6) is -0.536. The molecule has 4 rings (SSSR count). The Morgan fingerprint density at radius 3 is 1.31 bits per heavy atom. The number of imidazole rings is 2. The molecule has 0 bridgehead atoms. The molecule has 0 N–H and O–H groups in total. The minimum absolute atomic E-state index is 0.0462. The molecule has 0 radical (unpaired) electrons. The molecule has 14 nitrogen and oxygen atoms in total. The maximum Gasteiger partial charge on any atom is 0.332 e. The highest BCUT2D eigenvalue weighted by atomic mass is 32.2. The number of hydrogen-bond donors (Lipinski definition) is 0. The molecule has 0 aliphatic carbocycles. The lowest BCUT2D eigenvalue weighted by Gasteiger charge is -2.09. The molecule has 0 fully saturated rings. The van der Waals surface area contributed by atoms with Crippen LogP contribution >= 0.6 is 11.8 Å². The van der Waals surface area contributed by atoms with Crippen LogP contribution in [-0.2, 0) is 50.9 Å². The SMILES string of the molecule is CC(=O)Cn1c(Sc2nc3c(c(=O)n(C)c(=O)n3C)n2CC(C)=O)nc2c1c(=O)n(C)c(=O)n2C. The maximum atomic E-state index is 12.9. The second kappa shape index (κ2) is 8.33. The van der Waals surface area contributed by atoms with Crippen molar-refractivity contribution in [2.75, 3.05) is 0 Å². The summed E-state index contributed by atoms with van der Waals surface area (Å²) in [5.41, 5.74) is -2.20. The van der Waals surface area contributed by atoms with E-state index in [0.29, 0.717) is 0 Å². The zero-order valence-corrected chi connectivity index (χ0v) is 20.7. The number of nitrogens with zero attached hydrogens (tertiary/aromatic N) is 8. The first-order valence-corrected chi connectivity index (χ1v) is 11.2. The molecule has 35 heavy (non-hydrogen) atoms. The quantitative estimate of drug-likeness (QED) is 0.306. The van der Waals surface area contributed by atoms with E-state index in [1.807, 2.05) is 0 Å². The number of Topliss-reactive ketones (excluding diaryl/α,β-unsaturated/α-hetero) is 2. The normalized spacial score (nSPS) is 11.6. The molecule has 0 spiro atoms. The molecule has 0 aliphatic rings. The van der Waals surface area contributed by atoms with Gasteiger partial charge in [-0.2, -0.15) is 0 Å². The first kappa shape index (κ1) is 24.1. The van der Waals surface area contributed by atoms with Crippen LogP contribution in [0.2, 0.25) is 0 Å². The molecule has 184 valence electrons. The first-order chi connectivity index (χ1) is 16.3. The molecule has 0 aliphatic heterocycles. The summed E-state index contributed by atoms with van der Waals surface area (Å²) in [6, 6.07) is 0. The zero-order chi connectivity index (χ0) is 25.9. The lowest BCUT2D eigenvalue weighted by atomic mass is 10.4. The van der Waals surface area contributed by atoms with Crippen molar-refractivity contribution >= 4 is 45.7 Å². The van der Waals surface area contributed by atoms with Crippen molar-refractivity contribution in [1.29, 1.82) is 0 Å². The Morgan fingerprint density at radius 2 is 1.00 bits per heavy atom. The standard InChI is InChI=1S/C20H22N8O6S/c1-9(29)7-27-11-13(23(3)19(33)25(5)15(11)31)21-17(27)35-18-22-14-12(28(18)8-10(2)30)16(32)26(6)20(34)24(14)4/h7-8H2,1-6H3. The van der Waals surface area contributed by atoms with Crippen LogP contribution in [0.3, 0.4) is 0 Å². The number of hydrogen-bond acceptors (Lipinski definition) is 9. The maximum absolute atomic E-state index is 12.9. The number of carbonyl (C=O) groups excluding carboxylic acids is 2. The van der Waals surface area contributed by atoms with E-state index in [4.69, 9.17) is 0 Å². The minimum Gasteiger partial charge on any atom is -0.305 e. The van der Waals surface area contributed by atoms with E-state index >= 15 is 0 Å². The van der Waals surface area contributed by atoms with Gasteiger partial charge in [-0.25, -0.2) is 19.6 Å². The molecule has 4 aromatic rings. The fraction of sp³-hybridized carbons (Fsp3) is 0.400. The molecule has 0 saturated heterocycles. The number of ketones is 2. The summed E-state index contributed by atoms with van der Waals surface area (Å²) in [5, 5.41) is 0.297. The molecule has 0 amide bonds. The highest BCUT2D eigenvalue weighted by Crippen LogP contribution is 2.30. The van der Waals surface area contributed by atoms with E-state index in [-0.39, 0.29) is 57.3 Å². The molecule has 0 saturated carbocycles.